The van der Waals surface area contributed by atoms with Crippen molar-refractivity contribution in [3.05, 3.63) is 52.3 Å². The fourth-order valence-electron chi connectivity index (χ4n) is 6.44. The van der Waals surface area contributed by atoms with Crippen molar-refractivity contribution < 1.29 is 17.9 Å². The normalized spacial score (nSPS) is 32.1. The van der Waals surface area contributed by atoms with E-state index in [1.165, 1.54) is 0 Å². The van der Waals surface area contributed by atoms with Crippen LogP contribution in [-0.4, -0.2) is 40.2 Å². The van der Waals surface area contributed by atoms with E-state index in [2.05, 4.69) is 10.3 Å². The van der Waals surface area contributed by atoms with Crippen LogP contribution in [0, 0.1) is 18.3 Å². The summed E-state index contributed by atoms with van der Waals surface area (Å²) >= 11 is 6.27. The molecule has 3 aliphatic rings. The molecule has 1 fully saturated rings. The van der Waals surface area contributed by atoms with Crippen LogP contribution < -0.4 is 15.8 Å². The van der Waals surface area contributed by atoms with Gasteiger partial charge in [0.25, 0.3) is 5.91 Å². The molecule has 1 saturated carbocycles. The number of nitrogens with two attached hydrogens (primary N) is 1. The molecule has 1 aromatic carbocycles. The lowest BCUT2D eigenvalue weighted by molar-refractivity contribution is 0.0753. The lowest BCUT2D eigenvalue weighted by Gasteiger charge is -2.46. The number of nitrogens with one attached hydrogen (secondary N) is 1. The van der Waals surface area contributed by atoms with Crippen LogP contribution in [0.2, 0.25) is 5.02 Å². The van der Waals surface area contributed by atoms with Gasteiger partial charge in [0.15, 0.2) is 9.84 Å². The molecule has 2 bridgehead atoms. The van der Waals surface area contributed by atoms with E-state index in [-0.39, 0.29) is 22.5 Å². The molecular formula is C28H35ClN4O4S. The first-order valence-corrected chi connectivity index (χ1v) is 14.6. The fraction of sp³-hybridized carbons (Fsp3) is 0.536. The number of anilines is 1. The second kappa shape index (κ2) is 8.18. The van der Waals surface area contributed by atoms with Crippen LogP contribution in [0.5, 0.6) is 5.75 Å². The van der Waals surface area contributed by atoms with Gasteiger partial charge >= 0.3 is 0 Å². The molecule has 0 spiro atoms. The lowest BCUT2D eigenvalue weighted by atomic mass is 9.79. The van der Waals surface area contributed by atoms with Crippen molar-refractivity contribution in [2.45, 2.75) is 82.4 Å². The molecule has 2 aliphatic heterocycles. The molecule has 5 rings (SSSR count). The number of sulfone groups is 1. The van der Waals surface area contributed by atoms with Gasteiger partial charge in [-0.1, -0.05) is 18.5 Å². The van der Waals surface area contributed by atoms with Crippen LogP contribution in [0.4, 0.5) is 5.69 Å². The molecule has 1 unspecified atom stereocenters. The molecule has 1 aromatic heterocycles. The Morgan fingerprint density at radius 3 is 2.50 bits per heavy atom. The summed E-state index contributed by atoms with van der Waals surface area (Å²) in [6.07, 6.45) is 2.58. The second-order valence-electron chi connectivity index (χ2n) is 12.5. The Morgan fingerprint density at radius 1 is 1.16 bits per heavy atom. The average Bonchev–Trinajstić information content (AvgIpc) is 3.49. The van der Waals surface area contributed by atoms with Crippen molar-refractivity contribution in [1.29, 1.82) is 0 Å². The lowest BCUT2D eigenvalue weighted by Crippen LogP contribution is -2.60. The van der Waals surface area contributed by atoms with Crippen molar-refractivity contribution in [1.82, 2.24) is 4.98 Å². The minimum Gasteiger partial charge on any atom is -0.487 e. The van der Waals surface area contributed by atoms with Gasteiger partial charge in [0, 0.05) is 23.9 Å². The molecule has 0 saturated heterocycles. The molecule has 3 heterocycles. The number of carbonyl (C=O) groups is 1. The molecule has 204 valence electrons. The third kappa shape index (κ3) is 3.76. The van der Waals surface area contributed by atoms with Gasteiger partial charge in [-0.2, -0.15) is 0 Å². The van der Waals surface area contributed by atoms with Gasteiger partial charge in [0.05, 0.1) is 15.8 Å². The average molecular weight is 559 g/mol. The van der Waals surface area contributed by atoms with Crippen molar-refractivity contribution in [3.63, 3.8) is 0 Å². The maximum absolute atomic E-state index is 14.3. The van der Waals surface area contributed by atoms with Crippen LogP contribution in [-0.2, 0) is 9.84 Å². The Morgan fingerprint density at radius 2 is 1.84 bits per heavy atom. The predicted octanol–water partition coefficient (Wildman–Crippen LogP) is 5.25. The smallest absolute Gasteiger partial charge is 0.275 e. The van der Waals surface area contributed by atoms with E-state index < -0.39 is 42.3 Å². The monoisotopic (exact) mass is 558 g/mol. The van der Waals surface area contributed by atoms with Crippen molar-refractivity contribution in [3.8, 4) is 5.75 Å². The number of pyridine rings is 1. The van der Waals surface area contributed by atoms with Crippen LogP contribution in [0.1, 0.15) is 82.0 Å². The number of halogens is 1. The third-order valence-electron chi connectivity index (χ3n) is 8.98. The number of aliphatic imine (C=N–C) groups is 1. The molecule has 1 amide bonds. The largest absolute Gasteiger partial charge is 0.487 e. The number of amides is 1. The van der Waals surface area contributed by atoms with Crippen LogP contribution in [0.25, 0.3) is 0 Å². The maximum Gasteiger partial charge on any atom is 0.275 e. The minimum absolute atomic E-state index is 0.0627. The van der Waals surface area contributed by atoms with E-state index in [1.54, 1.807) is 38.2 Å². The Labute approximate surface area is 229 Å². The molecule has 0 radical (unpaired) electrons. The number of aryl methyl sites for hydroxylation is 1. The number of carbonyl (C=O) groups excluding carboxylic acids is 1. The van der Waals surface area contributed by atoms with Crippen molar-refractivity contribution in [2.75, 3.05) is 5.32 Å². The van der Waals surface area contributed by atoms with E-state index >= 15 is 0 Å². The Kier molecular flexibility index (Phi) is 5.80. The number of fused-ring (bicyclic) bond motifs is 2. The van der Waals surface area contributed by atoms with E-state index in [9.17, 15) is 13.2 Å². The molecule has 38 heavy (non-hydrogen) atoms. The minimum atomic E-state index is -3.78. The van der Waals surface area contributed by atoms with Gasteiger partial charge in [-0.25, -0.2) is 13.4 Å². The van der Waals surface area contributed by atoms with Gasteiger partial charge in [-0.05, 0) is 89.1 Å². The first kappa shape index (κ1) is 26.9. The quantitative estimate of drug-likeness (QED) is 0.519. The van der Waals surface area contributed by atoms with Crippen LogP contribution in [0.3, 0.4) is 0 Å². The molecule has 10 heteroatoms. The number of hydrogen-bond acceptors (Lipinski definition) is 7. The number of nitrogens with zero attached hydrogens (tertiary/aromatic N) is 2. The molecular weight excluding hydrogens is 524 g/mol. The summed E-state index contributed by atoms with van der Waals surface area (Å²) in [6.45, 7) is 12.9. The topological polar surface area (TPSA) is 124 Å². The fourth-order valence-corrected chi connectivity index (χ4v) is 9.59. The third-order valence-corrected chi connectivity index (χ3v) is 12.6. The summed E-state index contributed by atoms with van der Waals surface area (Å²) < 4.78 is 32.6. The highest BCUT2D eigenvalue weighted by molar-refractivity contribution is 7.95. The second-order valence-corrected chi connectivity index (χ2v) is 15.9. The number of ether oxygens (including phenoxy) is 1. The zero-order valence-electron chi connectivity index (χ0n) is 22.8. The summed E-state index contributed by atoms with van der Waals surface area (Å²) in [5.74, 6) is 0.179. The summed E-state index contributed by atoms with van der Waals surface area (Å²) in [6, 6.07) is 6.65. The van der Waals surface area contributed by atoms with Crippen molar-refractivity contribution in [2.24, 2.45) is 22.1 Å². The predicted molar refractivity (Wildman–Crippen MR) is 150 cm³/mol. The van der Waals surface area contributed by atoms with E-state index in [0.29, 0.717) is 24.3 Å². The van der Waals surface area contributed by atoms with E-state index in [1.807, 2.05) is 40.7 Å². The molecule has 1 aliphatic carbocycles. The van der Waals surface area contributed by atoms with Gasteiger partial charge in [0.1, 0.15) is 27.6 Å². The van der Waals surface area contributed by atoms with Gasteiger partial charge in [-0.15, -0.1) is 0 Å². The SMILES string of the molecule is Cc1cnc(C(=O)Nc2ccc3c(c2)C2N=C(N)C(C)(C)S(=O)(=O)[C@](C)(CC(C)(C)O3)[C@]3(C)C[C@@H]23)c(Cl)c1. The highest BCUT2D eigenvalue weighted by atomic mass is 35.5. The first-order chi connectivity index (χ1) is 17.4. The number of hydrogen-bond donors (Lipinski definition) is 2. The zero-order chi connectivity index (χ0) is 28.1. The van der Waals surface area contributed by atoms with Crippen LogP contribution >= 0.6 is 11.6 Å². The number of rotatable bonds is 2. The number of aromatic nitrogens is 1. The summed E-state index contributed by atoms with van der Waals surface area (Å²) in [7, 11) is -3.78. The van der Waals surface area contributed by atoms with E-state index in [0.717, 1.165) is 11.1 Å². The summed E-state index contributed by atoms with van der Waals surface area (Å²) in [5.41, 5.74) is 7.42. The van der Waals surface area contributed by atoms with Crippen LogP contribution in [0.15, 0.2) is 35.5 Å². The standard InChI is InChI=1S/C28H35ClN4O4S/c1-15-10-19(29)22(31-13-15)23(34)32-16-8-9-20-17(11-16)21-18-12-27(18,6)28(7,14-25(2,3)37-20)38(35,36)26(4,5)24(30)33-21/h8-11,13,18,21H,12,14H2,1-7H3,(H2,30,33)(H,32,34)/t18-,21?,27+,28+/m0/s1. The number of benzene rings is 1. The van der Waals surface area contributed by atoms with Gasteiger partial charge in [-0.3, -0.25) is 9.79 Å². The summed E-state index contributed by atoms with van der Waals surface area (Å²) in [4.78, 5) is 22.1. The number of amidine groups is 1. The van der Waals surface area contributed by atoms with Crippen molar-refractivity contribution >= 4 is 38.9 Å². The van der Waals surface area contributed by atoms with Gasteiger partial charge in [0.2, 0.25) is 0 Å². The molecule has 2 aromatic rings. The highest BCUT2D eigenvalue weighted by Crippen LogP contribution is 2.71. The zero-order valence-corrected chi connectivity index (χ0v) is 24.4. The van der Waals surface area contributed by atoms with Gasteiger partial charge < -0.3 is 15.8 Å². The highest BCUT2D eigenvalue weighted by Gasteiger charge is 2.73. The Bertz CT molecular complexity index is 1500. The Hall–Kier alpha value is -2.65. The summed E-state index contributed by atoms with van der Waals surface area (Å²) in [5, 5.41) is 3.16. The molecule has 8 nitrogen and oxygen atoms in total. The maximum atomic E-state index is 14.3. The van der Waals surface area contributed by atoms with E-state index in [4.69, 9.17) is 27.1 Å². The molecule has 3 N–H and O–H groups in total. The first-order valence-electron chi connectivity index (χ1n) is 12.8. The Balaban J connectivity index is 1.66. The molecule has 4 atom stereocenters.